The second-order valence-electron chi connectivity index (χ2n) is 4.80. The molecule has 6 heteroatoms. The molecule has 2 aromatic rings. The van der Waals surface area contributed by atoms with E-state index >= 15 is 0 Å². The predicted octanol–water partition coefficient (Wildman–Crippen LogP) is 0.788. The minimum Gasteiger partial charge on any atom is -0.491 e. The average molecular weight is 272 g/mol. The molecule has 1 atom stereocenters. The summed E-state index contributed by atoms with van der Waals surface area (Å²) in [6.07, 6.45) is 4.27. The van der Waals surface area contributed by atoms with Gasteiger partial charge >= 0.3 is 0 Å². The molecule has 0 fully saturated rings. The SMILES string of the molecule is O=C(CCn1cncn1)NC1COc2ccccc2C1. The molecule has 0 saturated heterocycles. The number of aromatic nitrogens is 3. The van der Waals surface area contributed by atoms with Crippen LogP contribution < -0.4 is 10.1 Å². The largest absolute Gasteiger partial charge is 0.491 e. The summed E-state index contributed by atoms with van der Waals surface area (Å²) in [6, 6.07) is 7.96. The first-order chi connectivity index (χ1) is 9.81. The third kappa shape index (κ3) is 2.96. The molecule has 6 nitrogen and oxygen atoms in total. The summed E-state index contributed by atoms with van der Waals surface area (Å²) < 4.78 is 7.29. The van der Waals surface area contributed by atoms with E-state index in [1.54, 1.807) is 11.0 Å². The molecule has 1 aromatic heterocycles. The Kier molecular flexibility index (Phi) is 3.62. The number of hydrogen-bond donors (Lipinski definition) is 1. The number of amides is 1. The minimum absolute atomic E-state index is 0.00785. The van der Waals surface area contributed by atoms with Gasteiger partial charge in [0.2, 0.25) is 5.91 Å². The van der Waals surface area contributed by atoms with Gasteiger partial charge in [0, 0.05) is 6.42 Å². The number of para-hydroxylation sites is 1. The number of ether oxygens (including phenoxy) is 1. The predicted molar refractivity (Wildman–Crippen MR) is 72.2 cm³/mol. The zero-order valence-corrected chi connectivity index (χ0v) is 11.0. The fourth-order valence-corrected chi connectivity index (χ4v) is 2.28. The van der Waals surface area contributed by atoms with Gasteiger partial charge in [-0.05, 0) is 18.1 Å². The lowest BCUT2D eigenvalue weighted by Crippen LogP contribution is -2.42. The Labute approximate surface area is 116 Å². The molecular formula is C14H16N4O2. The van der Waals surface area contributed by atoms with E-state index in [0.717, 1.165) is 17.7 Å². The molecule has 1 amide bonds. The lowest BCUT2D eigenvalue weighted by molar-refractivity contribution is -0.122. The molecule has 20 heavy (non-hydrogen) atoms. The number of carbonyl (C=O) groups is 1. The molecule has 2 heterocycles. The summed E-state index contributed by atoms with van der Waals surface area (Å²) in [7, 11) is 0. The number of nitrogens with zero attached hydrogens (tertiary/aromatic N) is 3. The van der Waals surface area contributed by atoms with Crippen LogP contribution in [0.1, 0.15) is 12.0 Å². The molecule has 0 spiro atoms. The second-order valence-corrected chi connectivity index (χ2v) is 4.80. The number of hydrogen-bond acceptors (Lipinski definition) is 4. The van der Waals surface area contributed by atoms with Crippen LogP contribution in [0.15, 0.2) is 36.9 Å². The van der Waals surface area contributed by atoms with Crippen LogP contribution >= 0.6 is 0 Å². The fraction of sp³-hybridized carbons (Fsp3) is 0.357. The first kappa shape index (κ1) is 12.7. The molecule has 0 aliphatic carbocycles. The molecule has 1 aliphatic heterocycles. The Morgan fingerprint density at radius 3 is 3.20 bits per heavy atom. The van der Waals surface area contributed by atoms with E-state index in [2.05, 4.69) is 15.4 Å². The van der Waals surface area contributed by atoms with Crippen molar-refractivity contribution in [1.82, 2.24) is 20.1 Å². The molecular weight excluding hydrogens is 256 g/mol. The number of aryl methyl sites for hydroxylation is 1. The highest BCUT2D eigenvalue weighted by atomic mass is 16.5. The zero-order valence-electron chi connectivity index (χ0n) is 11.0. The number of carbonyl (C=O) groups excluding carboxylic acids is 1. The summed E-state index contributed by atoms with van der Waals surface area (Å²) in [4.78, 5) is 15.7. The molecule has 104 valence electrons. The van der Waals surface area contributed by atoms with Crippen molar-refractivity contribution in [2.24, 2.45) is 0 Å². The van der Waals surface area contributed by atoms with Crippen molar-refractivity contribution in [2.45, 2.75) is 25.4 Å². The highest BCUT2D eigenvalue weighted by molar-refractivity contribution is 5.76. The van der Waals surface area contributed by atoms with Crippen LogP contribution in [-0.4, -0.2) is 33.3 Å². The molecule has 0 bridgehead atoms. The maximum absolute atomic E-state index is 11.9. The van der Waals surface area contributed by atoms with Gasteiger partial charge in [-0.3, -0.25) is 9.48 Å². The van der Waals surface area contributed by atoms with Gasteiger partial charge in [-0.1, -0.05) is 18.2 Å². The molecule has 1 N–H and O–H groups in total. The number of rotatable bonds is 4. The van der Waals surface area contributed by atoms with Crippen molar-refractivity contribution in [3.63, 3.8) is 0 Å². The summed E-state index contributed by atoms with van der Waals surface area (Å²) in [6.45, 7) is 1.06. The number of nitrogens with one attached hydrogen (secondary N) is 1. The summed E-state index contributed by atoms with van der Waals surface area (Å²) in [5.74, 6) is 0.925. The zero-order chi connectivity index (χ0) is 13.8. The van der Waals surface area contributed by atoms with E-state index in [9.17, 15) is 4.79 Å². The first-order valence-corrected chi connectivity index (χ1v) is 6.64. The van der Waals surface area contributed by atoms with E-state index in [-0.39, 0.29) is 11.9 Å². The Bertz CT molecular complexity index is 583. The van der Waals surface area contributed by atoms with Gasteiger partial charge in [0.1, 0.15) is 25.0 Å². The van der Waals surface area contributed by atoms with Crippen LogP contribution in [0.4, 0.5) is 0 Å². The van der Waals surface area contributed by atoms with Gasteiger partial charge in [0.25, 0.3) is 0 Å². The Morgan fingerprint density at radius 2 is 2.35 bits per heavy atom. The van der Waals surface area contributed by atoms with Crippen molar-refractivity contribution in [1.29, 1.82) is 0 Å². The topological polar surface area (TPSA) is 69.0 Å². The number of benzene rings is 1. The lowest BCUT2D eigenvalue weighted by Gasteiger charge is -2.26. The van der Waals surface area contributed by atoms with Crippen LogP contribution in [0.25, 0.3) is 0 Å². The Morgan fingerprint density at radius 1 is 1.45 bits per heavy atom. The van der Waals surface area contributed by atoms with Crippen LogP contribution in [0.2, 0.25) is 0 Å². The smallest absolute Gasteiger partial charge is 0.222 e. The van der Waals surface area contributed by atoms with Gasteiger partial charge in [-0.15, -0.1) is 0 Å². The molecule has 0 saturated carbocycles. The Balaban J connectivity index is 1.50. The van der Waals surface area contributed by atoms with Crippen molar-refractivity contribution < 1.29 is 9.53 Å². The molecule has 0 radical (unpaired) electrons. The third-order valence-electron chi connectivity index (χ3n) is 3.28. The highest BCUT2D eigenvalue weighted by Crippen LogP contribution is 2.23. The minimum atomic E-state index is 0.00785. The molecule has 1 aromatic carbocycles. The normalized spacial score (nSPS) is 17.1. The molecule has 1 unspecified atom stereocenters. The standard InChI is InChI=1S/C14H16N4O2/c19-14(5-6-18-10-15-9-16-18)17-12-7-11-3-1-2-4-13(11)20-8-12/h1-4,9-10,12H,5-8H2,(H,17,19). The maximum atomic E-state index is 11.9. The van der Waals surface area contributed by atoms with Crippen molar-refractivity contribution in [3.8, 4) is 5.75 Å². The summed E-state index contributed by atoms with van der Waals surface area (Å²) >= 11 is 0. The average Bonchev–Trinajstić information content (AvgIpc) is 2.98. The number of fused-ring (bicyclic) bond motifs is 1. The molecule has 3 rings (SSSR count). The van der Waals surface area contributed by atoms with E-state index in [1.807, 2.05) is 24.3 Å². The highest BCUT2D eigenvalue weighted by Gasteiger charge is 2.20. The molecule has 1 aliphatic rings. The summed E-state index contributed by atoms with van der Waals surface area (Å²) in [5.41, 5.74) is 1.14. The van der Waals surface area contributed by atoms with Crippen LogP contribution in [-0.2, 0) is 17.8 Å². The van der Waals surface area contributed by atoms with E-state index in [1.165, 1.54) is 6.33 Å². The Hall–Kier alpha value is -2.37. The van der Waals surface area contributed by atoms with Gasteiger partial charge in [-0.25, -0.2) is 4.98 Å². The summed E-state index contributed by atoms with van der Waals surface area (Å²) in [5, 5.41) is 6.96. The van der Waals surface area contributed by atoms with Crippen LogP contribution in [0, 0.1) is 0 Å². The van der Waals surface area contributed by atoms with Gasteiger partial charge < -0.3 is 10.1 Å². The quantitative estimate of drug-likeness (QED) is 0.893. The van der Waals surface area contributed by atoms with Gasteiger partial charge in [-0.2, -0.15) is 5.10 Å². The monoisotopic (exact) mass is 272 g/mol. The van der Waals surface area contributed by atoms with E-state index < -0.39 is 0 Å². The second kappa shape index (κ2) is 5.73. The third-order valence-corrected chi connectivity index (χ3v) is 3.28. The van der Waals surface area contributed by atoms with Gasteiger partial charge in [0.05, 0.1) is 12.6 Å². The fourth-order valence-electron chi connectivity index (χ4n) is 2.28. The van der Waals surface area contributed by atoms with Gasteiger partial charge in [0.15, 0.2) is 0 Å². The van der Waals surface area contributed by atoms with Crippen LogP contribution in [0.5, 0.6) is 5.75 Å². The maximum Gasteiger partial charge on any atom is 0.222 e. The van der Waals surface area contributed by atoms with Crippen LogP contribution in [0.3, 0.4) is 0 Å². The first-order valence-electron chi connectivity index (χ1n) is 6.64. The lowest BCUT2D eigenvalue weighted by atomic mass is 10.0. The van der Waals surface area contributed by atoms with Crippen molar-refractivity contribution in [3.05, 3.63) is 42.5 Å². The van der Waals surface area contributed by atoms with Crippen molar-refractivity contribution >= 4 is 5.91 Å². The van der Waals surface area contributed by atoms with Crippen molar-refractivity contribution in [2.75, 3.05) is 6.61 Å². The van der Waals surface area contributed by atoms with E-state index in [0.29, 0.717) is 19.6 Å². The van der Waals surface area contributed by atoms with E-state index in [4.69, 9.17) is 4.74 Å².